The lowest BCUT2D eigenvalue weighted by Gasteiger charge is -2.24. The molecule has 1 aromatic carbocycles. The molecule has 7 heteroatoms. The first-order valence-corrected chi connectivity index (χ1v) is 7.31. The van der Waals surface area contributed by atoms with E-state index in [4.69, 9.17) is 0 Å². The van der Waals surface area contributed by atoms with Gasteiger partial charge in [-0.15, -0.1) is 24.0 Å². The van der Waals surface area contributed by atoms with Crippen molar-refractivity contribution in [3.8, 4) is 0 Å². The molecule has 0 aliphatic rings. The van der Waals surface area contributed by atoms with Gasteiger partial charge in [-0.1, -0.05) is 18.2 Å². The zero-order valence-corrected chi connectivity index (χ0v) is 16.4. The normalized spacial score (nSPS) is 11.4. The molecule has 130 valence electrons. The number of nitrogens with one attached hydrogen (secondary N) is 3. The van der Waals surface area contributed by atoms with Gasteiger partial charge >= 0.3 is 0 Å². The highest BCUT2D eigenvalue weighted by atomic mass is 127. The maximum atomic E-state index is 13.5. The van der Waals surface area contributed by atoms with E-state index < -0.39 is 5.41 Å². The molecule has 1 rings (SSSR count). The number of guanidine groups is 1. The van der Waals surface area contributed by atoms with E-state index in [0.717, 1.165) is 0 Å². The van der Waals surface area contributed by atoms with Gasteiger partial charge in [0.2, 0.25) is 5.91 Å². The Morgan fingerprint density at radius 1 is 1.26 bits per heavy atom. The molecule has 1 aromatic rings. The third-order valence-corrected chi connectivity index (χ3v) is 3.41. The lowest BCUT2D eigenvalue weighted by Crippen LogP contribution is -2.47. The topological polar surface area (TPSA) is 65.5 Å². The molecular formula is C16H26FIN4O. The molecule has 0 radical (unpaired) electrons. The summed E-state index contributed by atoms with van der Waals surface area (Å²) < 4.78 is 13.5. The van der Waals surface area contributed by atoms with Gasteiger partial charge < -0.3 is 16.0 Å². The van der Waals surface area contributed by atoms with Gasteiger partial charge in [0, 0.05) is 27.2 Å². The summed E-state index contributed by atoms with van der Waals surface area (Å²) in [5, 5.41) is 8.86. The minimum atomic E-state index is -0.544. The Morgan fingerprint density at radius 2 is 1.91 bits per heavy atom. The molecule has 0 saturated heterocycles. The van der Waals surface area contributed by atoms with Crippen molar-refractivity contribution in [1.29, 1.82) is 0 Å². The van der Waals surface area contributed by atoms with Crippen molar-refractivity contribution in [2.45, 2.75) is 20.3 Å². The van der Waals surface area contributed by atoms with Crippen LogP contribution in [0.15, 0.2) is 29.3 Å². The SMILES string of the molecule is CN=C(NCCc1ccccc1F)NCC(C)(C)C(=O)NC.I. The summed E-state index contributed by atoms with van der Waals surface area (Å²) >= 11 is 0. The molecule has 0 saturated carbocycles. The van der Waals surface area contributed by atoms with Gasteiger partial charge in [0.05, 0.1) is 5.41 Å². The first kappa shape index (κ1) is 21.6. The van der Waals surface area contributed by atoms with Crippen LogP contribution in [0, 0.1) is 11.2 Å². The second kappa shape index (κ2) is 10.4. The van der Waals surface area contributed by atoms with Gasteiger partial charge in [0.15, 0.2) is 5.96 Å². The Balaban J connectivity index is 0.00000484. The molecule has 5 nitrogen and oxygen atoms in total. The number of hydrogen-bond donors (Lipinski definition) is 3. The quantitative estimate of drug-likeness (QED) is 0.363. The molecular weight excluding hydrogens is 410 g/mol. The van der Waals surface area contributed by atoms with Gasteiger partial charge in [0.1, 0.15) is 5.82 Å². The fraction of sp³-hybridized carbons (Fsp3) is 0.500. The number of benzene rings is 1. The van der Waals surface area contributed by atoms with E-state index >= 15 is 0 Å². The predicted octanol–water partition coefficient (Wildman–Crippen LogP) is 1.92. The number of carbonyl (C=O) groups is 1. The van der Waals surface area contributed by atoms with E-state index in [9.17, 15) is 9.18 Å². The molecule has 0 aliphatic carbocycles. The second-order valence-electron chi connectivity index (χ2n) is 5.66. The van der Waals surface area contributed by atoms with Crippen LogP contribution < -0.4 is 16.0 Å². The summed E-state index contributed by atoms with van der Waals surface area (Å²) in [6.07, 6.45) is 0.562. The summed E-state index contributed by atoms with van der Waals surface area (Å²) in [4.78, 5) is 15.8. The second-order valence-corrected chi connectivity index (χ2v) is 5.66. The number of rotatable bonds is 6. The smallest absolute Gasteiger partial charge is 0.227 e. The number of nitrogens with zero attached hydrogens (tertiary/aromatic N) is 1. The van der Waals surface area contributed by atoms with Crippen LogP contribution in [0.1, 0.15) is 19.4 Å². The largest absolute Gasteiger partial charge is 0.359 e. The molecule has 0 heterocycles. The molecule has 0 fully saturated rings. The number of amides is 1. The lowest BCUT2D eigenvalue weighted by molar-refractivity contribution is -0.128. The van der Waals surface area contributed by atoms with Crippen LogP contribution in [-0.2, 0) is 11.2 Å². The average molecular weight is 436 g/mol. The Hall–Kier alpha value is -1.38. The van der Waals surface area contributed by atoms with Gasteiger partial charge in [-0.3, -0.25) is 9.79 Å². The fourth-order valence-electron chi connectivity index (χ4n) is 1.96. The van der Waals surface area contributed by atoms with Crippen LogP contribution in [0.25, 0.3) is 0 Å². The fourth-order valence-corrected chi connectivity index (χ4v) is 1.96. The highest BCUT2D eigenvalue weighted by Gasteiger charge is 2.26. The van der Waals surface area contributed by atoms with Gasteiger partial charge in [-0.2, -0.15) is 0 Å². The van der Waals surface area contributed by atoms with Crippen LogP contribution in [0.2, 0.25) is 0 Å². The van der Waals surface area contributed by atoms with Crippen molar-refractivity contribution in [1.82, 2.24) is 16.0 Å². The van der Waals surface area contributed by atoms with E-state index in [0.29, 0.717) is 31.0 Å². The van der Waals surface area contributed by atoms with Crippen molar-refractivity contribution >= 4 is 35.8 Å². The predicted molar refractivity (Wildman–Crippen MR) is 103 cm³/mol. The number of halogens is 2. The third kappa shape index (κ3) is 7.15. The number of aliphatic imine (C=N–C) groups is 1. The Kier molecular flexibility index (Phi) is 9.78. The van der Waals surface area contributed by atoms with Crippen molar-refractivity contribution in [3.63, 3.8) is 0 Å². The van der Waals surface area contributed by atoms with Crippen molar-refractivity contribution in [2.24, 2.45) is 10.4 Å². The Morgan fingerprint density at radius 3 is 2.48 bits per heavy atom. The zero-order chi connectivity index (χ0) is 16.6. The summed E-state index contributed by atoms with van der Waals surface area (Å²) in [6.45, 7) is 4.71. The van der Waals surface area contributed by atoms with Crippen molar-refractivity contribution in [3.05, 3.63) is 35.6 Å². The molecule has 23 heavy (non-hydrogen) atoms. The summed E-state index contributed by atoms with van der Waals surface area (Å²) in [6, 6.07) is 6.71. The van der Waals surface area contributed by atoms with E-state index in [1.54, 1.807) is 26.2 Å². The minimum Gasteiger partial charge on any atom is -0.359 e. The molecule has 3 N–H and O–H groups in total. The first-order chi connectivity index (χ1) is 10.4. The van der Waals surface area contributed by atoms with Gasteiger partial charge in [0.25, 0.3) is 0 Å². The first-order valence-electron chi connectivity index (χ1n) is 7.31. The maximum Gasteiger partial charge on any atom is 0.227 e. The van der Waals surface area contributed by atoms with Crippen LogP contribution in [0.3, 0.4) is 0 Å². The minimum absolute atomic E-state index is 0. The molecule has 0 aliphatic heterocycles. The number of hydrogen-bond acceptors (Lipinski definition) is 2. The average Bonchev–Trinajstić information content (AvgIpc) is 2.51. The standard InChI is InChI=1S/C16H25FN4O.HI/c1-16(2,14(22)18-3)11-21-15(19-4)20-10-9-12-7-5-6-8-13(12)17;/h5-8H,9-11H2,1-4H3,(H,18,22)(H2,19,20,21);1H. The Bertz CT molecular complexity index is 535. The molecule has 0 unspecified atom stereocenters. The molecule has 0 spiro atoms. The maximum absolute atomic E-state index is 13.5. The zero-order valence-electron chi connectivity index (χ0n) is 14.1. The van der Waals surface area contributed by atoms with E-state index in [1.807, 2.05) is 19.9 Å². The van der Waals surface area contributed by atoms with Crippen LogP contribution in [0.5, 0.6) is 0 Å². The summed E-state index contributed by atoms with van der Waals surface area (Å²) in [7, 11) is 3.27. The summed E-state index contributed by atoms with van der Waals surface area (Å²) in [5.41, 5.74) is 0.119. The van der Waals surface area contributed by atoms with E-state index in [1.165, 1.54) is 6.07 Å². The van der Waals surface area contributed by atoms with Gasteiger partial charge in [-0.25, -0.2) is 4.39 Å². The van der Waals surface area contributed by atoms with Crippen molar-refractivity contribution < 1.29 is 9.18 Å². The lowest BCUT2D eigenvalue weighted by atomic mass is 9.92. The highest BCUT2D eigenvalue weighted by Crippen LogP contribution is 2.12. The third-order valence-electron chi connectivity index (χ3n) is 3.41. The monoisotopic (exact) mass is 436 g/mol. The van der Waals surface area contributed by atoms with E-state index in [-0.39, 0.29) is 35.7 Å². The van der Waals surface area contributed by atoms with Gasteiger partial charge in [-0.05, 0) is 31.9 Å². The van der Waals surface area contributed by atoms with Crippen LogP contribution in [0.4, 0.5) is 4.39 Å². The van der Waals surface area contributed by atoms with Crippen LogP contribution in [-0.4, -0.2) is 39.1 Å². The molecule has 0 bridgehead atoms. The van der Waals surface area contributed by atoms with Crippen molar-refractivity contribution in [2.75, 3.05) is 27.2 Å². The number of carbonyl (C=O) groups excluding carboxylic acids is 1. The molecule has 0 atom stereocenters. The molecule has 0 aromatic heterocycles. The molecule has 1 amide bonds. The summed E-state index contributed by atoms with van der Waals surface area (Å²) in [5.74, 6) is 0.350. The Labute approximate surface area is 154 Å². The highest BCUT2D eigenvalue weighted by molar-refractivity contribution is 14.0. The van der Waals surface area contributed by atoms with Crippen LogP contribution >= 0.6 is 24.0 Å². The van der Waals surface area contributed by atoms with E-state index in [2.05, 4.69) is 20.9 Å².